The lowest BCUT2D eigenvalue weighted by molar-refractivity contribution is -0.139. The van der Waals surface area contributed by atoms with Crippen molar-refractivity contribution in [3.63, 3.8) is 0 Å². The van der Waals surface area contributed by atoms with Gasteiger partial charge in [0.1, 0.15) is 17.0 Å². The maximum Gasteiger partial charge on any atom is 0.412 e. The zero-order valence-electron chi connectivity index (χ0n) is 13.4. The highest BCUT2D eigenvalue weighted by Crippen LogP contribution is 2.46. The third kappa shape index (κ3) is 3.33. The molecule has 1 aliphatic rings. The van der Waals surface area contributed by atoms with E-state index < -0.39 is 17.6 Å². The van der Waals surface area contributed by atoms with Crippen molar-refractivity contribution in [1.82, 2.24) is 5.32 Å². The first-order valence-electron chi connectivity index (χ1n) is 7.70. The highest BCUT2D eigenvalue weighted by atomic mass is 16.5. The number of amides is 1. The number of alkyl carbamates (subject to hydrolysis) is 1. The molecule has 0 heterocycles. The van der Waals surface area contributed by atoms with Crippen LogP contribution in [0.4, 0.5) is 4.79 Å². The molecule has 0 radical (unpaired) electrons. The topological polar surface area (TPSA) is 72.5 Å². The van der Waals surface area contributed by atoms with Gasteiger partial charge in [0.25, 0.3) is 0 Å². The van der Waals surface area contributed by atoms with E-state index in [1.165, 1.54) is 13.2 Å². The number of hydrogen-bond donors (Lipinski definition) is 1. The molecule has 0 saturated heterocycles. The van der Waals surface area contributed by atoms with Crippen molar-refractivity contribution in [3.8, 4) is 0 Å². The fourth-order valence-corrected chi connectivity index (χ4v) is 3.19. The highest BCUT2D eigenvalue weighted by molar-refractivity contribution is 6.08. The Morgan fingerprint density at radius 2 is 2.00 bits per heavy atom. The van der Waals surface area contributed by atoms with Gasteiger partial charge in [0.05, 0.1) is 12.3 Å². The summed E-state index contributed by atoms with van der Waals surface area (Å²) < 4.78 is 4.91. The Labute approximate surface area is 135 Å². The minimum absolute atomic E-state index is 0.120. The molecule has 1 fully saturated rings. The van der Waals surface area contributed by atoms with Crippen LogP contribution in [0.25, 0.3) is 0 Å². The predicted molar refractivity (Wildman–Crippen MR) is 85.6 cm³/mol. The SMILES string of the molecule is CC=COC(=O)N[C@@H](c1ccccc1)[C@]1(C(C)=O)CCCC1=O. The van der Waals surface area contributed by atoms with Crippen molar-refractivity contribution in [2.24, 2.45) is 5.41 Å². The molecule has 2 rings (SSSR count). The summed E-state index contributed by atoms with van der Waals surface area (Å²) in [4.78, 5) is 36.9. The summed E-state index contributed by atoms with van der Waals surface area (Å²) in [5.74, 6) is -0.342. The number of nitrogens with one attached hydrogen (secondary N) is 1. The number of rotatable bonds is 5. The van der Waals surface area contributed by atoms with E-state index in [2.05, 4.69) is 5.32 Å². The van der Waals surface area contributed by atoms with Crippen LogP contribution in [0.1, 0.15) is 44.7 Å². The molecule has 0 aliphatic heterocycles. The normalized spacial score (nSPS) is 22.1. The monoisotopic (exact) mass is 315 g/mol. The molecule has 0 unspecified atom stereocenters. The summed E-state index contributed by atoms with van der Waals surface area (Å²) >= 11 is 0. The van der Waals surface area contributed by atoms with E-state index >= 15 is 0 Å². The maximum absolute atomic E-state index is 12.5. The molecule has 0 aromatic heterocycles. The van der Waals surface area contributed by atoms with Gasteiger partial charge in [-0.15, -0.1) is 0 Å². The minimum Gasteiger partial charge on any atom is -0.419 e. The third-order valence-corrected chi connectivity index (χ3v) is 4.30. The molecule has 0 spiro atoms. The lowest BCUT2D eigenvalue weighted by atomic mass is 9.72. The quantitative estimate of drug-likeness (QED) is 0.668. The molecule has 1 aliphatic carbocycles. The molecule has 5 nitrogen and oxygen atoms in total. The van der Waals surface area contributed by atoms with Gasteiger partial charge in [0, 0.05) is 6.42 Å². The molecule has 5 heteroatoms. The molecular weight excluding hydrogens is 294 g/mol. The first-order valence-corrected chi connectivity index (χ1v) is 7.70. The first kappa shape index (κ1) is 16.9. The number of hydrogen-bond acceptors (Lipinski definition) is 4. The Bertz CT molecular complexity index is 623. The first-order chi connectivity index (χ1) is 11.0. The average Bonchev–Trinajstić information content (AvgIpc) is 2.94. The van der Waals surface area contributed by atoms with Gasteiger partial charge >= 0.3 is 6.09 Å². The molecule has 1 N–H and O–H groups in total. The Kier molecular flexibility index (Phi) is 5.32. The van der Waals surface area contributed by atoms with Crippen LogP contribution in [0.5, 0.6) is 0 Å². The fraction of sp³-hybridized carbons (Fsp3) is 0.389. The Hall–Kier alpha value is -2.43. The molecule has 1 aromatic rings. The van der Waals surface area contributed by atoms with Crippen LogP contribution in [0.15, 0.2) is 42.7 Å². The number of Topliss-reactive ketones (excluding diaryl/α,β-unsaturated/α-hetero) is 2. The number of benzene rings is 1. The molecule has 1 aromatic carbocycles. The average molecular weight is 315 g/mol. The van der Waals surface area contributed by atoms with Crippen molar-refractivity contribution < 1.29 is 19.1 Å². The van der Waals surface area contributed by atoms with Crippen LogP contribution >= 0.6 is 0 Å². The van der Waals surface area contributed by atoms with E-state index in [0.717, 1.165) is 5.56 Å². The summed E-state index contributed by atoms with van der Waals surface area (Å²) in [5, 5.41) is 2.71. The summed E-state index contributed by atoms with van der Waals surface area (Å²) in [5.41, 5.74) is -0.494. The third-order valence-electron chi connectivity index (χ3n) is 4.30. The summed E-state index contributed by atoms with van der Waals surface area (Å²) in [6.45, 7) is 3.14. The van der Waals surface area contributed by atoms with Crippen LogP contribution in [0, 0.1) is 5.41 Å². The lowest BCUT2D eigenvalue weighted by Crippen LogP contribution is -2.47. The second-order valence-electron chi connectivity index (χ2n) is 5.67. The van der Waals surface area contributed by atoms with E-state index in [4.69, 9.17) is 4.74 Å². The van der Waals surface area contributed by atoms with Gasteiger partial charge in [-0.1, -0.05) is 36.4 Å². The van der Waals surface area contributed by atoms with E-state index in [9.17, 15) is 14.4 Å². The molecule has 2 atom stereocenters. The summed E-state index contributed by atoms with van der Waals surface area (Å²) in [7, 11) is 0. The summed E-state index contributed by atoms with van der Waals surface area (Å²) in [6, 6.07) is 8.35. The van der Waals surface area contributed by atoms with Crippen molar-refractivity contribution in [2.45, 2.75) is 39.2 Å². The van der Waals surface area contributed by atoms with Crippen LogP contribution in [-0.2, 0) is 14.3 Å². The Morgan fingerprint density at radius 1 is 1.30 bits per heavy atom. The van der Waals surface area contributed by atoms with Gasteiger partial charge < -0.3 is 10.1 Å². The fourth-order valence-electron chi connectivity index (χ4n) is 3.19. The van der Waals surface area contributed by atoms with E-state index in [1.54, 1.807) is 25.1 Å². The number of allylic oxidation sites excluding steroid dienone is 1. The zero-order chi connectivity index (χ0) is 16.9. The van der Waals surface area contributed by atoms with Gasteiger partial charge in [-0.2, -0.15) is 0 Å². The van der Waals surface area contributed by atoms with Crippen LogP contribution in [0.2, 0.25) is 0 Å². The molecular formula is C18H21NO4. The van der Waals surface area contributed by atoms with E-state index in [1.807, 2.05) is 18.2 Å². The maximum atomic E-state index is 12.5. The molecule has 0 bridgehead atoms. The van der Waals surface area contributed by atoms with Crippen molar-refractivity contribution in [2.75, 3.05) is 0 Å². The van der Waals surface area contributed by atoms with Crippen molar-refractivity contribution in [3.05, 3.63) is 48.2 Å². The highest BCUT2D eigenvalue weighted by Gasteiger charge is 2.53. The van der Waals surface area contributed by atoms with Crippen molar-refractivity contribution >= 4 is 17.7 Å². The molecule has 122 valence electrons. The van der Waals surface area contributed by atoms with Gasteiger partial charge in [0.2, 0.25) is 0 Å². The van der Waals surface area contributed by atoms with Gasteiger partial charge in [0.15, 0.2) is 0 Å². The lowest BCUT2D eigenvalue weighted by Gasteiger charge is -2.34. The van der Waals surface area contributed by atoms with Crippen LogP contribution in [-0.4, -0.2) is 17.7 Å². The zero-order valence-corrected chi connectivity index (χ0v) is 13.4. The van der Waals surface area contributed by atoms with E-state index in [0.29, 0.717) is 19.3 Å². The smallest absolute Gasteiger partial charge is 0.412 e. The van der Waals surface area contributed by atoms with Crippen molar-refractivity contribution in [1.29, 1.82) is 0 Å². The number of ketones is 2. The Morgan fingerprint density at radius 3 is 2.52 bits per heavy atom. The second-order valence-corrected chi connectivity index (χ2v) is 5.67. The number of carbonyl (C=O) groups excluding carboxylic acids is 3. The number of ether oxygens (including phenoxy) is 1. The van der Waals surface area contributed by atoms with Gasteiger partial charge in [-0.25, -0.2) is 4.79 Å². The molecule has 1 saturated carbocycles. The minimum atomic E-state index is -1.21. The largest absolute Gasteiger partial charge is 0.419 e. The standard InChI is InChI=1S/C18H21NO4/c1-3-12-23-17(22)19-16(14-8-5-4-6-9-14)18(13(2)20)11-7-10-15(18)21/h3-6,8-9,12,16H,7,10-11H2,1-2H3,(H,19,22)/t16-,18-/m0/s1. The second kappa shape index (κ2) is 7.22. The van der Waals surface area contributed by atoms with E-state index in [-0.39, 0.29) is 11.6 Å². The molecule has 23 heavy (non-hydrogen) atoms. The number of carbonyl (C=O) groups is 3. The van der Waals surface area contributed by atoms with Crippen LogP contribution in [0.3, 0.4) is 0 Å². The molecule has 1 amide bonds. The van der Waals surface area contributed by atoms with Gasteiger partial charge in [-0.3, -0.25) is 9.59 Å². The van der Waals surface area contributed by atoms with Crippen LogP contribution < -0.4 is 5.32 Å². The van der Waals surface area contributed by atoms with Gasteiger partial charge in [-0.05, 0) is 32.3 Å². The summed E-state index contributed by atoms with van der Waals surface area (Å²) in [6.07, 6.45) is 3.59. The predicted octanol–water partition coefficient (Wildman–Crippen LogP) is 3.32. The Balaban J connectivity index is 2.42.